The van der Waals surface area contributed by atoms with Crippen LogP contribution in [0.1, 0.15) is 0 Å². The zero-order valence-corrected chi connectivity index (χ0v) is 13.1. The monoisotopic (exact) mass is 388 g/mol. The average Bonchev–Trinajstić information content (AvgIpc) is 2.50. The van der Waals surface area contributed by atoms with Crippen LogP contribution in [0.25, 0.3) is 0 Å². The molecule has 0 aliphatic heterocycles. The van der Waals surface area contributed by atoms with Crippen LogP contribution in [-0.2, 0) is 29.2 Å². The van der Waals surface area contributed by atoms with Gasteiger partial charge >= 0.3 is 12.1 Å². The van der Waals surface area contributed by atoms with Gasteiger partial charge in [-0.15, -0.1) is 0 Å². The van der Waals surface area contributed by atoms with E-state index in [9.17, 15) is 35.6 Å². The summed E-state index contributed by atoms with van der Waals surface area (Å²) in [4.78, 5) is 27.7. The fourth-order valence-corrected chi connectivity index (χ4v) is 2.07. The SMILES string of the molecule is O=C(COC(=O)CONS(=O)(=O)c1ccc(F)cc1)NCC(F)(F)F. The Balaban J connectivity index is 2.32. The molecule has 2 N–H and O–H groups in total. The summed E-state index contributed by atoms with van der Waals surface area (Å²) in [5, 5.41) is 1.46. The molecule has 0 saturated heterocycles. The maximum absolute atomic E-state index is 12.7. The molecule has 0 spiro atoms. The Morgan fingerprint density at radius 3 is 2.24 bits per heavy atom. The number of hydrogen-bond acceptors (Lipinski definition) is 6. The highest BCUT2D eigenvalue weighted by Gasteiger charge is 2.27. The summed E-state index contributed by atoms with van der Waals surface area (Å²) in [5.41, 5.74) is 0. The Bertz CT molecular complexity index is 705. The van der Waals surface area contributed by atoms with E-state index in [1.165, 1.54) is 5.32 Å². The van der Waals surface area contributed by atoms with Crippen molar-refractivity contribution >= 4 is 21.9 Å². The highest BCUT2D eigenvalue weighted by Crippen LogP contribution is 2.12. The van der Waals surface area contributed by atoms with E-state index in [4.69, 9.17) is 0 Å². The maximum atomic E-state index is 12.7. The van der Waals surface area contributed by atoms with Gasteiger partial charge in [-0.2, -0.15) is 13.2 Å². The first-order valence-corrected chi connectivity index (χ1v) is 7.86. The lowest BCUT2D eigenvalue weighted by Gasteiger charge is -2.09. The van der Waals surface area contributed by atoms with Crippen molar-refractivity contribution in [1.29, 1.82) is 0 Å². The van der Waals surface area contributed by atoms with Crippen LogP contribution in [0.15, 0.2) is 29.2 Å². The van der Waals surface area contributed by atoms with Gasteiger partial charge in [0.15, 0.2) is 13.2 Å². The summed E-state index contributed by atoms with van der Waals surface area (Å²) in [5.74, 6) is -3.06. The van der Waals surface area contributed by atoms with Crippen LogP contribution >= 0.6 is 0 Å². The van der Waals surface area contributed by atoms with Crippen molar-refractivity contribution in [3.8, 4) is 0 Å². The fourth-order valence-electron chi connectivity index (χ4n) is 1.27. The van der Waals surface area contributed by atoms with Gasteiger partial charge in [-0.05, 0) is 24.3 Å². The van der Waals surface area contributed by atoms with Crippen LogP contribution in [0, 0.1) is 5.82 Å². The third kappa shape index (κ3) is 8.42. The lowest BCUT2D eigenvalue weighted by atomic mass is 10.4. The summed E-state index contributed by atoms with van der Waals surface area (Å²) in [6, 6.07) is 3.68. The molecule has 0 heterocycles. The molecular weight excluding hydrogens is 376 g/mol. The normalized spacial score (nSPS) is 11.8. The van der Waals surface area contributed by atoms with Crippen molar-refractivity contribution in [2.24, 2.45) is 0 Å². The number of nitrogens with one attached hydrogen (secondary N) is 2. The minimum Gasteiger partial charge on any atom is -0.454 e. The van der Waals surface area contributed by atoms with E-state index in [1.54, 1.807) is 4.89 Å². The fraction of sp³-hybridized carbons (Fsp3) is 0.333. The molecule has 0 unspecified atom stereocenters. The molecule has 13 heteroatoms. The van der Waals surface area contributed by atoms with Crippen LogP contribution in [-0.4, -0.2) is 46.2 Å². The van der Waals surface area contributed by atoms with Gasteiger partial charge in [0.25, 0.3) is 15.9 Å². The van der Waals surface area contributed by atoms with Gasteiger partial charge in [0.1, 0.15) is 12.4 Å². The van der Waals surface area contributed by atoms with Gasteiger partial charge in [-0.1, -0.05) is 4.89 Å². The predicted molar refractivity (Wildman–Crippen MR) is 72.7 cm³/mol. The van der Waals surface area contributed by atoms with Crippen LogP contribution in [0.5, 0.6) is 0 Å². The van der Waals surface area contributed by atoms with Crippen molar-refractivity contribution < 1.29 is 45.1 Å². The highest BCUT2D eigenvalue weighted by molar-refractivity contribution is 7.89. The number of carbonyl (C=O) groups excluding carboxylic acids is 2. The van der Waals surface area contributed by atoms with Crippen LogP contribution in [0.3, 0.4) is 0 Å². The minimum absolute atomic E-state index is 0.339. The van der Waals surface area contributed by atoms with E-state index in [0.717, 1.165) is 24.3 Å². The summed E-state index contributed by atoms with van der Waals surface area (Å²) in [6.45, 7) is -3.53. The molecule has 140 valence electrons. The van der Waals surface area contributed by atoms with Gasteiger partial charge in [-0.3, -0.25) is 9.63 Å². The Morgan fingerprint density at radius 2 is 1.68 bits per heavy atom. The highest BCUT2D eigenvalue weighted by atomic mass is 32.2. The van der Waals surface area contributed by atoms with Crippen molar-refractivity contribution in [3.63, 3.8) is 0 Å². The quantitative estimate of drug-likeness (QED) is 0.375. The van der Waals surface area contributed by atoms with Crippen molar-refractivity contribution in [2.75, 3.05) is 19.8 Å². The molecule has 0 aliphatic rings. The summed E-state index contributed by atoms with van der Waals surface area (Å²) < 4.78 is 75.8. The van der Waals surface area contributed by atoms with E-state index in [-0.39, 0.29) is 4.90 Å². The van der Waals surface area contributed by atoms with Crippen LogP contribution < -0.4 is 10.2 Å². The van der Waals surface area contributed by atoms with E-state index in [2.05, 4.69) is 9.57 Å². The molecule has 1 amide bonds. The number of amides is 1. The molecule has 0 fully saturated rings. The van der Waals surface area contributed by atoms with Crippen molar-refractivity contribution in [2.45, 2.75) is 11.1 Å². The Kier molecular flexibility index (Phi) is 7.26. The number of ether oxygens (including phenoxy) is 1. The molecule has 1 aromatic rings. The molecule has 0 aliphatic carbocycles. The lowest BCUT2D eigenvalue weighted by molar-refractivity contribution is -0.155. The number of halogens is 4. The minimum atomic E-state index is -4.61. The topological polar surface area (TPSA) is 111 Å². The van der Waals surface area contributed by atoms with Crippen molar-refractivity contribution in [3.05, 3.63) is 30.1 Å². The molecule has 0 radical (unpaired) electrons. The van der Waals surface area contributed by atoms with Gasteiger partial charge in [0, 0.05) is 0 Å². The summed E-state index contributed by atoms with van der Waals surface area (Å²) >= 11 is 0. The molecule has 0 aromatic heterocycles. The van der Waals surface area contributed by atoms with E-state index >= 15 is 0 Å². The van der Waals surface area contributed by atoms with Gasteiger partial charge in [-0.25, -0.2) is 17.6 Å². The number of esters is 1. The number of rotatable bonds is 8. The lowest BCUT2D eigenvalue weighted by Crippen LogP contribution is -2.37. The molecule has 25 heavy (non-hydrogen) atoms. The molecule has 8 nitrogen and oxygen atoms in total. The molecule has 0 saturated carbocycles. The summed E-state index contributed by atoms with van der Waals surface area (Å²) in [7, 11) is -4.18. The number of sulfonamides is 1. The Morgan fingerprint density at radius 1 is 1.08 bits per heavy atom. The zero-order chi connectivity index (χ0) is 19.1. The first kappa shape index (κ1) is 20.8. The zero-order valence-electron chi connectivity index (χ0n) is 12.3. The summed E-state index contributed by atoms with van der Waals surface area (Å²) in [6.07, 6.45) is -4.61. The number of benzene rings is 1. The first-order chi connectivity index (χ1) is 11.5. The standard InChI is InChI=1S/C12H12F4N2O6S/c13-8-1-3-9(4-2-8)25(21,22)18-24-6-11(20)23-5-10(19)17-7-12(14,15)16/h1-4,18H,5-7H2,(H,17,19). The first-order valence-electron chi connectivity index (χ1n) is 6.38. The Hall–Kier alpha value is -2.25. The van der Waals surface area contributed by atoms with Crippen LogP contribution in [0.2, 0.25) is 0 Å². The van der Waals surface area contributed by atoms with Gasteiger partial charge in [0.2, 0.25) is 0 Å². The van der Waals surface area contributed by atoms with Gasteiger partial charge < -0.3 is 10.1 Å². The second-order valence-corrected chi connectivity index (χ2v) is 6.03. The van der Waals surface area contributed by atoms with E-state index in [0.29, 0.717) is 0 Å². The maximum Gasteiger partial charge on any atom is 0.405 e. The smallest absolute Gasteiger partial charge is 0.405 e. The predicted octanol–water partition coefficient (Wildman–Crippen LogP) is 0.257. The third-order valence-electron chi connectivity index (χ3n) is 2.33. The Labute approximate surface area is 139 Å². The third-order valence-corrected chi connectivity index (χ3v) is 3.56. The van der Waals surface area contributed by atoms with Crippen LogP contribution in [0.4, 0.5) is 17.6 Å². The molecule has 0 bridgehead atoms. The van der Waals surface area contributed by atoms with Gasteiger partial charge in [0.05, 0.1) is 4.90 Å². The average molecular weight is 388 g/mol. The second kappa shape index (κ2) is 8.73. The number of hydrogen-bond donors (Lipinski definition) is 2. The molecular formula is C12H12F4N2O6S. The molecule has 1 aromatic carbocycles. The van der Waals surface area contributed by atoms with Crippen molar-refractivity contribution in [1.82, 2.24) is 10.2 Å². The second-order valence-electron chi connectivity index (χ2n) is 4.38. The number of alkyl halides is 3. The molecule has 0 atom stereocenters. The van der Waals surface area contributed by atoms with E-state index < -0.39 is 53.7 Å². The molecule has 1 rings (SSSR count). The van der Waals surface area contributed by atoms with E-state index in [1.807, 2.05) is 0 Å². The largest absolute Gasteiger partial charge is 0.454 e. The number of carbonyl (C=O) groups is 2.